The molecule has 0 spiro atoms. The molecule has 2 aromatic carbocycles. The van der Waals surface area contributed by atoms with Gasteiger partial charge in [-0.25, -0.2) is 4.39 Å². The van der Waals surface area contributed by atoms with Crippen LogP contribution in [0.3, 0.4) is 0 Å². The largest absolute Gasteiger partial charge is 0.366 e. The van der Waals surface area contributed by atoms with Gasteiger partial charge in [0, 0.05) is 64.5 Å². The number of halogens is 1. The summed E-state index contributed by atoms with van der Waals surface area (Å²) in [6.45, 7) is 7.81. The minimum absolute atomic E-state index is 0.00798. The summed E-state index contributed by atoms with van der Waals surface area (Å²) in [5, 5.41) is 2.96. The zero-order valence-corrected chi connectivity index (χ0v) is 20.8. The topological polar surface area (TPSA) is 76.2 Å². The van der Waals surface area contributed by atoms with E-state index in [-0.39, 0.29) is 17.6 Å². The van der Waals surface area contributed by atoms with Gasteiger partial charge < -0.3 is 15.1 Å². The van der Waals surface area contributed by atoms with Crippen LogP contribution in [0.15, 0.2) is 48.5 Å². The van der Waals surface area contributed by atoms with Gasteiger partial charge in [0.2, 0.25) is 11.8 Å². The van der Waals surface area contributed by atoms with Crippen molar-refractivity contribution in [3.63, 3.8) is 0 Å². The van der Waals surface area contributed by atoms with E-state index < -0.39 is 5.82 Å². The molecule has 0 atom stereocenters. The molecule has 2 aromatic rings. The van der Waals surface area contributed by atoms with Gasteiger partial charge in [0.05, 0.1) is 18.8 Å². The van der Waals surface area contributed by atoms with Crippen molar-refractivity contribution in [2.24, 2.45) is 0 Å². The predicted octanol–water partition coefficient (Wildman–Crippen LogP) is 1.61. The normalized spacial score (nSPS) is 17.2. The molecule has 1 N–H and O–H groups in total. The van der Waals surface area contributed by atoms with E-state index in [1.807, 2.05) is 40.1 Å². The molecular formula is C27H34FN5O3. The average molecular weight is 496 g/mol. The number of nitrogens with one attached hydrogen (secondary N) is 1. The van der Waals surface area contributed by atoms with Crippen LogP contribution < -0.4 is 10.2 Å². The van der Waals surface area contributed by atoms with Crippen LogP contribution in [0, 0.1) is 5.82 Å². The van der Waals surface area contributed by atoms with E-state index in [0.717, 1.165) is 31.7 Å². The first-order valence-corrected chi connectivity index (χ1v) is 12.5. The van der Waals surface area contributed by atoms with Gasteiger partial charge >= 0.3 is 0 Å². The van der Waals surface area contributed by atoms with Gasteiger partial charge in [0.1, 0.15) is 5.82 Å². The molecule has 4 rings (SSSR count). The predicted molar refractivity (Wildman–Crippen MR) is 136 cm³/mol. The summed E-state index contributed by atoms with van der Waals surface area (Å²) in [5.74, 6) is -0.484. The van der Waals surface area contributed by atoms with Gasteiger partial charge in [-0.15, -0.1) is 0 Å². The van der Waals surface area contributed by atoms with E-state index in [1.54, 1.807) is 12.1 Å². The molecule has 0 bridgehead atoms. The molecule has 9 heteroatoms. The van der Waals surface area contributed by atoms with Gasteiger partial charge in [-0.2, -0.15) is 0 Å². The first-order chi connectivity index (χ1) is 17.4. The Morgan fingerprint density at radius 1 is 0.833 bits per heavy atom. The van der Waals surface area contributed by atoms with Gasteiger partial charge in [0.25, 0.3) is 0 Å². The lowest BCUT2D eigenvalue weighted by Crippen LogP contribution is -2.54. The Morgan fingerprint density at radius 3 is 2.08 bits per heavy atom. The second kappa shape index (κ2) is 12.1. The zero-order chi connectivity index (χ0) is 25.5. The third-order valence-electron chi connectivity index (χ3n) is 6.85. The minimum Gasteiger partial charge on any atom is -0.366 e. The monoisotopic (exact) mass is 495 g/mol. The van der Waals surface area contributed by atoms with Gasteiger partial charge in [0.15, 0.2) is 5.78 Å². The van der Waals surface area contributed by atoms with Gasteiger partial charge in [-0.05, 0) is 30.7 Å². The van der Waals surface area contributed by atoms with Gasteiger partial charge in [-0.3, -0.25) is 24.2 Å². The molecule has 2 saturated heterocycles. The van der Waals surface area contributed by atoms with E-state index in [9.17, 15) is 18.8 Å². The molecule has 8 nitrogen and oxygen atoms in total. The van der Waals surface area contributed by atoms with Crippen LogP contribution in [0.25, 0.3) is 0 Å². The molecule has 0 aliphatic carbocycles. The number of Topliss-reactive ketones (excluding diaryl/α,β-unsaturated/α-hetero) is 1. The molecule has 0 saturated carbocycles. The highest BCUT2D eigenvalue weighted by molar-refractivity contribution is 5.94. The smallest absolute Gasteiger partial charge is 0.236 e. The fourth-order valence-electron chi connectivity index (χ4n) is 4.63. The lowest BCUT2D eigenvalue weighted by atomic mass is 10.1. The number of amides is 2. The standard InChI is InChI=1S/C27H34FN5O3/c1-21(34)23-7-8-25(24(28)17-23)32-13-15-33(16-14-32)27(36)20-31-11-9-30(10-12-31)19-26(35)29-18-22-5-3-2-4-6-22/h2-8,17H,9-16,18-20H2,1H3,(H,29,35). The van der Waals surface area contributed by atoms with Crippen molar-refractivity contribution in [2.75, 3.05) is 70.3 Å². The van der Waals surface area contributed by atoms with Crippen molar-refractivity contribution >= 4 is 23.3 Å². The van der Waals surface area contributed by atoms with Crippen LogP contribution in [0.4, 0.5) is 10.1 Å². The van der Waals surface area contributed by atoms with E-state index >= 15 is 0 Å². The van der Waals surface area contributed by atoms with Crippen molar-refractivity contribution in [2.45, 2.75) is 13.5 Å². The zero-order valence-electron chi connectivity index (χ0n) is 20.8. The highest BCUT2D eigenvalue weighted by atomic mass is 19.1. The highest BCUT2D eigenvalue weighted by Gasteiger charge is 2.26. The van der Waals surface area contributed by atoms with Crippen LogP contribution in [-0.4, -0.2) is 97.7 Å². The Morgan fingerprint density at radius 2 is 1.47 bits per heavy atom. The second-order valence-corrected chi connectivity index (χ2v) is 9.40. The lowest BCUT2D eigenvalue weighted by molar-refractivity contribution is -0.133. The lowest BCUT2D eigenvalue weighted by Gasteiger charge is -2.38. The van der Waals surface area contributed by atoms with Crippen LogP contribution in [0.5, 0.6) is 0 Å². The number of benzene rings is 2. The Bertz CT molecular complexity index is 1060. The minimum atomic E-state index is -0.408. The molecule has 2 aliphatic heterocycles. The Balaban J connectivity index is 1.16. The summed E-state index contributed by atoms with van der Waals surface area (Å²) in [4.78, 5) is 44.6. The van der Waals surface area contributed by atoms with Crippen LogP contribution in [0.1, 0.15) is 22.8 Å². The van der Waals surface area contributed by atoms with Crippen molar-refractivity contribution in [3.8, 4) is 0 Å². The first-order valence-electron chi connectivity index (χ1n) is 12.5. The summed E-state index contributed by atoms with van der Waals surface area (Å²) < 4.78 is 14.5. The molecule has 36 heavy (non-hydrogen) atoms. The van der Waals surface area contributed by atoms with Crippen molar-refractivity contribution in [1.29, 1.82) is 0 Å². The second-order valence-electron chi connectivity index (χ2n) is 9.40. The molecule has 2 amide bonds. The fraction of sp³-hybridized carbons (Fsp3) is 0.444. The fourth-order valence-corrected chi connectivity index (χ4v) is 4.63. The Kier molecular flexibility index (Phi) is 8.66. The van der Waals surface area contributed by atoms with Crippen molar-refractivity contribution in [3.05, 3.63) is 65.5 Å². The molecule has 2 aliphatic rings. The van der Waals surface area contributed by atoms with E-state index in [1.165, 1.54) is 13.0 Å². The van der Waals surface area contributed by atoms with Crippen LogP contribution >= 0.6 is 0 Å². The van der Waals surface area contributed by atoms with E-state index in [2.05, 4.69) is 15.1 Å². The number of hydrogen-bond donors (Lipinski definition) is 1. The number of ketones is 1. The van der Waals surface area contributed by atoms with E-state index in [0.29, 0.717) is 57.1 Å². The molecule has 2 fully saturated rings. The van der Waals surface area contributed by atoms with Gasteiger partial charge in [-0.1, -0.05) is 30.3 Å². The molecule has 0 unspecified atom stereocenters. The maximum Gasteiger partial charge on any atom is 0.236 e. The van der Waals surface area contributed by atoms with Crippen LogP contribution in [0.2, 0.25) is 0 Å². The average Bonchev–Trinajstić information content (AvgIpc) is 2.89. The quantitative estimate of drug-likeness (QED) is 0.561. The molecule has 0 aromatic heterocycles. The maximum atomic E-state index is 14.5. The molecule has 0 radical (unpaired) electrons. The summed E-state index contributed by atoms with van der Waals surface area (Å²) in [6, 6.07) is 14.4. The Hall–Kier alpha value is -3.30. The van der Waals surface area contributed by atoms with E-state index in [4.69, 9.17) is 0 Å². The number of rotatable bonds is 8. The molecular weight excluding hydrogens is 461 g/mol. The third kappa shape index (κ3) is 6.89. The molecule has 2 heterocycles. The maximum absolute atomic E-state index is 14.5. The Labute approximate surface area is 211 Å². The SMILES string of the molecule is CC(=O)c1ccc(N2CCN(C(=O)CN3CCN(CC(=O)NCc4ccccc4)CC3)CC2)c(F)c1. The van der Waals surface area contributed by atoms with Crippen molar-refractivity contribution < 1.29 is 18.8 Å². The number of piperazine rings is 2. The summed E-state index contributed by atoms with van der Waals surface area (Å²) in [7, 11) is 0. The van der Waals surface area contributed by atoms with Crippen LogP contribution in [-0.2, 0) is 16.1 Å². The third-order valence-corrected chi connectivity index (χ3v) is 6.85. The molecule has 192 valence electrons. The number of anilines is 1. The van der Waals surface area contributed by atoms with Crippen molar-refractivity contribution in [1.82, 2.24) is 20.0 Å². The number of carbonyl (C=O) groups is 3. The highest BCUT2D eigenvalue weighted by Crippen LogP contribution is 2.22. The number of carbonyl (C=O) groups excluding carboxylic acids is 3. The first kappa shape index (κ1) is 25.8. The summed E-state index contributed by atoms with van der Waals surface area (Å²) in [5.41, 5.74) is 1.90. The summed E-state index contributed by atoms with van der Waals surface area (Å²) >= 11 is 0. The summed E-state index contributed by atoms with van der Waals surface area (Å²) in [6.07, 6.45) is 0. The number of hydrogen-bond acceptors (Lipinski definition) is 6. The number of nitrogens with zero attached hydrogens (tertiary/aromatic N) is 4.